The third kappa shape index (κ3) is 3.69. The summed E-state index contributed by atoms with van der Waals surface area (Å²) in [5.41, 5.74) is -0.917. The predicted octanol–water partition coefficient (Wildman–Crippen LogP) is 2.71. The SMILES string of the molecule is CCC(C)(C)OC1CCCC(NC2CC2)(C(=O)O)C1. The minimum Gasteiger partial charge on any atom is -0.480 e. The Balaban J connectivity index is 2.02. The van der Waals surface area contributed by atoms with E-state index in [0.717, 1.165) is 38.5 Å². The van der Waals surface area contributed by atoms with Gasteiger partial charge in [0.2, 0.25) is 0 Å². The molecule has 2 rings (SSSR count). The zero-order chi connectivity index (χ0) is 14.1. The lowest BCUT2D eigenvalue weighted by molar-refractivity contribution is -0.153. The molecule has 2 saturated carbocycles. The molecule has 110 valence electrons. The molecule has 4 nitrogen and oxygen atoms in total. The van der Waals surface area contributed by atoms with Crippen LogP contribution in [-0.4, -0.2) is 34.4 Å². The van der Waals surface area contributed by atoms with Gasteiger partial charge in [0.15, 0.2) is 0 Å². The van der Waals surface area contributed by atoms with Gasteiger partial charge in [-0.05, 0) is 52.4 Å². The molecule has 0 heterocycles. The molecule has 0 saturated heterocycles. The standard InChI is InChI=1S/C15H27NO3/c1-4-14(2,3)19-12-6-5-9-15(10-12,13(17)18)16-11-7-8-11/h11-12,16H,4-10H2,1-3H3,(H,17,18). The third-order valence-electron chi connectivity index (χ3n) is 4.51. The van der Waals surface area contributed by atoms with Crippen LogP contribution in [0.4, 0.5) is 0 Å². The van der Waals surface area contributed by atoms with Gasteiger partial charge in [0, 0.05) is 12.5 Å². The van der Waals surface area contributed by atoms with Crippen LogP contribution >= 0.6 is 0 Å². The van der Waals surface area contributed by atoms with Crippen molar-refractivity contribution in [1.82, 2.24) is 5.32 Å². The van der Waals surface area contributed by atoms with Crippen molar-refractivity contribution in [2.45, 2.75) is 89.0 Å². The fourth-order valence-corrected chi connectivity index (χ4v) is 2.86. The quantitative estimate of drug-likeness (QED) is 0.778. The lowest BCUT2D eigenvalue weighted by atomic mass is 9.79. The van der Waals surface area contributed by atoms with Gasteiger partial charge < -0.3 is 9.84 Å². The van der Waals surface area contributed by atoms with Gasteiger partial charge in [-0.1, -0.05) is 6.92 Å². The first-order chi connectivity index (χ1) is 8.87. The van der Waals surface area contributed by atoms with E-state index in [9.17, 15) is 9.90 Å². The lowest BCUT2D eigenvalue weighted by Gasteiger charge is -2.41. The van der Waals surface area contributed by atoms with Crippen LogP contribution in [0.15, 0.2) is 0 Å². The number of ether oxygens (including phenoxy) is 1. The van der Waals surface area contributed by atoms with E-state index in [1.165, 1.54) is 0 Å². The molecule has 2 atom stereocenters. The van der Waals surface area contributed by atoms with E-state index in [1.54, 1.807) is 0 Å². The maximum absolute atomic E-state index is 11.7. The molecular weight excluding hydrogens is 242 g/mol. The summed E-state index contributed by atoms with van der Waals surface area (Å²) in [5.74, 6) is -0.706. The van der Waals surface area contributed by atoms with Gasteiger partial charge >= 0.3 is 5.97 Å². The topological polar surface area (TPSA) is 58.6 Å². The fraction of sp³-hybridized carbons (Fsp3) is 0.933. The summed E-state index contributed by atoms with van der Waals surface area (Å²) in [4.78, 5) is 11.7. The van der Waals surface area contributed by atoms with E-state index >= 15 is 0 Å². The second kappa shape index (κ2) is 5.41. The summed E-state index contributed by atoms with van der Waals surface area (Å²) in [6.45, 7) is 6.27. The smallest absolute Gasteiger partial charge is 0.324 e. The molecule has 2 unspecified atom stereocenters. The molecule has 0 bridgehead atoms. The first-order valence-corrected chi connectivity index (χ1v) is 7.56. The van der Waals surface area contributed by atoms with Crippen molar-refractivity contribution < 1.29 is 14.6 Å². The second-order valence-electron chi connectivity index (χ2n) is 6.76. The van der Waals surface area contributed by atoms with Crippen LogP contribution in [0.5, 0.6) is 0 Å². The minimum atomic E-state index is -0.756. The molecule has 4 heteroatoms. The number of carboxylic acids is 1. The van der Waals surface area contributed by atoms with E-state index in [1.807, 2.05) is 0 Å². The zero-order valence-electron chi connectivity index (χ0n) is 12.4. The molecule has 2 aliphatic carbocycles. The van der Waals surface area contributed by atoms with E-state index in [-0.39, 0.29) is 11.7 Å². The second-order valence-corrected chi connectivity index (χ2v) is 6.76. The highest BCUT2D eigenvalue weighted by Gasteiger charge is 2.46. The molecule has 0 spiro atoms. The molecule has 0 radical (unpaired) electrons. The Morgan fingerprint density at radius 1 is 1.42 bits per heavy atom. The predicted molar refractivity (Wildman–Crippen MR) is 74.2 cm³/mol. The summed E-state index contributed by atoms with van der Waals surface area (Å²) in [5, 5.41) is 13.0. The van der Waals surface area contributed by atoms with Crippen molar-refractivity contribution in [1.29, 1.82) is 0 Å². The van der Waals surface area contributed by atoms with E-state index in [0.29, 0.717) is 12.5 Å². The van der Waals surface area contributed by atoms with Crippen LogP contribution in [0, 0.1) is 0 Å². The number of hydrogen-bond acceptors (Lipinski definition) is 3. The molecule has 2 N–H and O–H groups in total. The minimum absolute atomic E-state index is 0.0612. The van der Waals surface area contributed by atoms with Gasteiger partial charge in [-0.15, -0.1) is 0 Å². The first kappa shape index (κ1) is 14.8. The molecule has 0 aliphatic heterocycles. The van der Waals surface area contributed by atoms with E-state index in [2.05, 4.69) is 26.1 Å². The van der Waals surface area contributed by atoms with Crippen LogP contribution in [0.1, 0.15) is 65.7 Å². The van der Waals surface area contributed by atoms with Gasteiger partial charge in [-0.25, -0.2) is 0 Å². The van der Waals surface area contributed by atoms with Crippen molar-refractivity contribution in [3.05, 3.63) is 0 Å². The van der Waals surface area contributed by atoms with Crippen LogP contribution in [0.3, 0.4) is 0 Å². The molecule has 0 amide bonds. The molecule has 0 aromatic rings. The molecule has 2 aliphatic rings. The summed E-state index contributed by atoms with van der Waals surface area (Å²) in [6, 6.07) is 0.411. The number of hydrogen-bond donors (Lipinski definition) is 2. The average Bonchev–Trinajstić information content (AvgIpc) is 3.12. The number of carboxylic acid groups (broad SMARTS) is 1. The van der Waals surface area contributed by atoms with Crippen LogP contribution in [0.25, 0.3) is 0 Å². The number of nitrogens with one attached hydrogen (secondary N) is 1. The Morgan fingerprint density at radius 3 is 2.63 bits per heavy atom. The number of carbonyl (C=O) groups is 1. The Labute approximate surface area is 115 Å². The number of aliphatic carboxylic acids is 1. The van der Waals surface area contributed by atoms with Crippen molar-refractivity contribution >= 4 is 5.97 Å². The highest BCUT2D eigenvalue weighted by Crippen LogP contribution is 2.36. The van der Waals surface area contributed by atoms with E-state index < -0.39 is 11.5 Å². The fourth-order valence-electron chi connectivity index (χ4n) is 2.86. The summed E-state index contributed by atoms with van der Waals surface area (Å²) in [6.07, 6.45) is 6.46. The highest BCUT2D eigenvalue weighted by atomic mass is 16.5. The normalized spacial score (nSPS) is 32.3. The Morgan fingerprint density at radius 2 is 2.11 bits per heavy atom. The molecule has 19 heavy (non-hydrogen) atoms. The van der Waals surface area contributed by atoms with Crippen molar-refractivity contribution in [2.24, 2.45) is 0 Å². The van der Waals surface area contributed by atoms with Crippen LogP contribution in [0.2, 0.25) is 0 Å². The Kier molecular flexibility index (Phi) is 4.21. The maximum atomic E-state index is 11.7. The van der Waals surface area contributed by atoms with Gasteiger partial charge in [-0.3, -0.25) is 10.1 Å². The van der Waals surface area contributed by atoms with Crippen molar-refractivity contribution in [3.63, 3.8) is 0 Å². The van der Waals surface area contributed by atoms with Gasteiger partial charge in [0.25, 0.3) is 0 Å². The highest BCUT2D eigenvalue weighted by molar-refractivity contribution is 5.79. The van der Waals surface area contributed by atoms with E-state index in [4.69, 9.17) is 4.74 Å². The summed E-state index contributed by atoms with van der Waals surface area (Å²) >= 11 is 0. The summed E-state index contributed by atoms with van der Waals surface area (Å²) < 4.78 is 6.13. The third-order valence-corrected chi connectivity index (χ3v) is 4.51. The number of rotatable bonds is 6. The van der Waals surface area contributed by atoms with Gasteiger partial charge in [-0.2, -0.15) is 0 Å². The van der Waals surface area contributed by atoms with Crippen LogP contribution in [-0.2, 0) is 9.53 Å². The average molecular weight is 269 g/mol. The van der Waals surface area contributed by atoms with Crippen LogP contribution < -0.4 is 5.32 Å². The molecular formula is C15H27NO3. The van der Waals surface area contributed by atoms with Crippen molar-refractivity contribution in [3.8, 4) is 0 Å². The van der Waals surface area contributed by atoms with Crippen molar-refractivity contribution in [2.75, 3.05) is 0 Å². The molecule has 0 aromatic carbocycles. The van der Waals surface area contributed by atoms with Gasteiger partial charge in [0.1, 0.15) is 5.54 Å². The molecule has 2 fully saturated rings. The lowest BCUT2D eigenvalue weighted by Crippen LogP contribution is -2.57. The zero-order valence-corrected chi connectivity index (χ0v) is 12.4. The maximum Gasteiger partial charge on any atom is 0.324 e. The molecule has 0 aromatic heterocycles. The Hall–Kier alpha value is -0.610. The summed E-state index contributed by atoms with van der Waals surface area (Å²) in [7, 11) is 0. The Bertz CT molecular complexity index is 338. The monoisotopic (exact) mass is 269 g/mol. The first-order valence-electron chi connectivity index (χ1n) is 7.56. The van der Waals surface area contributed by atoms with Gasteiger partial charge in [0.05, 0.1) is 11.7 Å². The largest absolute Gasteiger partial charge is 0.480 e.